The fourth-order valence-electron chi connectivity index (χ4n) is 2.55. The van der Waals surface area contributed by atoms with Crippen molar-refractivity contribution in [2.45, 2.75) is 25.5 Å². The first kappa shape index (κ1) is 15.3. The molecule has 120 valence electrons. The van der Waals surface area contributed by atoms with Crippen LogP contribution in [0.1, 0.15) is 24.9 Å². The predicted octanol–water partition coefficient (Wildman–Crippen LogP) is 3.23. The van der Waals surface area contributed by atoms with Crippen molar-refractivity contribution >= 4 is 5.91 Å². The Hall–Kier alpha value is -2.56. The van der Waals surface area contributed by atoms with Gasteiger partial charge >= 0.3 is 0 Å². The molecule has 1 N–H and O–H groups in total. The van der Waals surface area contributed by atoms with Crippen LogP contribution in [0.5, 0.6) is 11.5 Å². The number of nitrogens with one attached hydrogen (secondary N) is 1. The highest BCUT2D eigenvalue weighted by Crippen LogP contribution is 2.31. The molecule has 0 saturated heterocycles. The maximum atomic E-state index is 12.9. The van der Waals surface area contributed by atoms with Gasteiger partial charge < -0.3 is 14.8 Å². The molecule has 1 aliphatic heterocycles. The molecule has 5 heteroatoms. The van der Waals surface area contributed by atoms with E-state index in [1.807, 2.05) is 24.3 Å². The zero-order chi connectivity index (χ0) is 16.2. The van der Waals surface area contributed by atoms with Crippen molar-refractivity contribution in [3.63, 3.8) is 0 Å². The summed E-state index contributed by atoms with van der Waals surface area (Å²) >= 11 is 0. The van der Waals surface area contributed by atoms with Gasteiger partial charge in [-0.2, -0.15) is 0 Å². The van der Waals surface area contributed by atoms with Gasteiger partial charge in [0.1, 0.15) is 17.3 Å². The molecule has 0 spiro atoms. The van der Waals surface area contributed by atoms with E-state index in [0.29, 0.717) is 18.8 Å². The van der Waals surface area contributed by atoms with Crippen molar-refractivity contribution in [2.75, 3.05) is 6.61 Å². The van der Waals surface area contributed by atoms with Crippen molar-refractivity contribution in [2.24, 2.45) is 0 Å². The first-order chi connectivity index (χ1) is 11.1. The minimum atomic E-state index is -0.671. The Labute approximate surface area is 134 Å². The third-order valence-corrected chi connectivity index (χ3v) is 3.77. The van der Waals surface area contributed by atoms with Gasteiger partial charge in [0, 0.05) is 12.0 Å². The Morgan fingerprint density at radius 2 is 2.00 bits per heavy atom. The van der Waals surface area contributed by atoms with Crippen LogP contribution in [0, 0.1) is 5.82 Å². The average Bonchev–Trinajstić information content (AvgIpc) is 2.57. The van der Waals surface area contributed by atoms with E-state index in [2.05, 4.69) is 5.32 Å². The number of carbonyl (C=O) groups is 1. The number of hydrogen-bond donors (Lipinski definition) is 1. The highest BCUT2D eigenvalue weighted by Gasteiger charge is 2.25. The number of para-hydroxylation sites is 1. The van der Waals surface area contributed by atoms with E-state index in [1.54, 1.807) is 6.92 Å². The number of fused-ring (bicyclic) bond motifs is 1. The van der Waals surface area contributed by atoms with Crippen LogP contribution >= 0.6 is 0 Å². The summed E-state index contributed by atoms with van der Waals surface area (Å²) in [6.07, 6.45) is 0.0434. The second kappa shape index (κ2) is 6.69. The van der Waals surface area contributed by atoms with Gasteiger partial charge in [-0.05, 0) is 37.3 Å². The quantitative estimate of drug-likeness (QED) is 0.942. The molecule has 2 unspecified atom stereocenters. The fraction of sp³-hybridized carbons (Fsp3) is 0.278. The van der Waals surface area contributed by atoms with Crippen LogP contribution in [0.2, 0.25) is 0 Å². The number of ether oxygens (including phenoxy) is 2. The molecule has 2 atom stereocenters. The monoisotopic (exact) mass is 315 g/mol. The highest BCUT2D eigenvalue weighted by molar-refractivity contribution is 5.81. The summed E-state index contributed by atoms with van der Waals surface area (Å²) in [4.78, 5) is 12.3. The lowest BCUT2D eigenvalue weighted by Gasteiger charge is -2.27. The Bertz CT molecular complexity index is 687. The predicted molar refractivity (Wildman–Crippen MR) is 83.9 cm³/mol. The van der Waals surface area contributed by atoms with Crippen LogP contribution in [0.3, 0.4) is 0 Å². The molecule has 0 fully saturated rings. The number of benzene rings is 2. The van der Waals surface area contributed by atoms with Gasteiger partial charge in [-0.15, -0.1) is 0 Å². The normalized spacial score (nSPS) is 17.6. The summed E-state index contributed by atoms with van der Waals surface area (Å²) in [6.45, 7) is 2.24. The average molecular weight is 315 g/mol. The van der Waals surface area contributed by atoms with Crippen LogP contribution < -0.4 is 14.8 Å². The minimum absolute atomic E-state index is 0.0910. The largest absolute Gasteiger partial charge is 0.493 e. The molecule has 0 bridgehead atoms. The third-order valence-electron chi connectivity index (χ3n) is 3.77. The molecule has 2 aromatic carbocycles. The van der Waals surface area contributed by atoms with E-state index in [9.17, 15) is 9.18 Å². The first-order valence-corrected chi connectivity index (χ1v) is 7.58. The number of carbonyl (C=O) groups excluding carboxylic acids is 1. The second-order valence-electron chi connectivity index (χ2n) is 5.45. The number of hydrogen-bond acceptors (Lipinski definition) is 3. The van der Waals surface area contributed by atoms with Crippen molar-refractivity contribution < 1.29 is 18.7 Å². The maximum absolute atomic E-state index is 12.9. The molecule has 2 aromatic rings. The molecule has 0 aliphatic carbocycles. The van der Waals surface area contributed by atoms with Gasteiger partial charge in [-0.1, -0.05) is 18.2 Å². The van der Waals surface area contributed by atoms with Crippen LogP contribution in [-0.2, 0) is 4.79 Å². The lowest BCUT2D eigenvalue weighted by atomic mass is 10.0. The highest BCUT2D eigenvalue weighted by atomic mass is 19.1. The van der Waals surface area contributed by atoms with Gasteiger partial charge in [0.15, 0.2) is 6.10 Å². The molecule has 0 saturated carbocycles. The lowest BCUT2D eigenvalue weighted by molar-refractivity contribution is -0.128. The Morgan fingerprint density at radius 3 is 2.78 bits per heavy atom. The fourth-order valence-corrected chi connectivity index (χ4v) is 2.55. The van der Waals surface area contributed by atoms with E-state index in [1.165, 1.54) is 24.3 Å². The number of rotatable bonds is 4. The summed E-state index contributed by atoms with van der Waals surface area (Å²) in [7, 11) is 0. The molecule has 1 heterocycles. The first-order valence-electron chi connectivity index (χ1n) is 7.58. The SMILES string of the molecule is CC(Oc1ccc(F)cc1)C(=O)NC1CCOc2ccccc21. The molecule has 3 rings (SSSR count). The molecule has 0 aromatic heterocycles. The van der Waals surface area contributed by atoms with E-state index in [0.717, 1.165) is 11.3 Å². The molecular weight excluding hydrogens is 297 g/mol. The van der Waals surface area contributed by atoms with Crippen molar-refractivity contribution in [1.82, 2.24) is 5.32 Å². The van der Waals surface area contributed by atoms with Crippen molar-refractivity contribution in [1.29, 1.82) is 0 Å². The van der Waals surface area contributed by atoms with E-state index < -0.39 is 6.10 Å². The molecule has 23 heavy (non-hydrogen) atoms. The standard InChI is InChI=1S/C18H18FNO3/c1-12(23-14-8-6-13(19)7-9-14)18(21)20-16-10-11-22-17-5-3-2-4-15(16)17/h2-9,12,16H,10-11H2,1H3,(H,20,21). The van der Waals surface area contributed by atoms with Crippen molar-refractivity contribution in [3.05, 3.63) is 59.9 Å². The van der Waals surface area contributed by atoms with Crippen LogP contribution in [0.25, 0.3) is 0 Å². The zero-order valence-corrected chi connectivity index (χ0v) is 12.8. The summed E-state index contributed by atoms with van der Waals surface area (Å²) in [6, 6.07) is 13.2. The molecule has 4 nitrogen and oxygen atoms in total. The van der Waals surface area contributed by atoms with E-state index in [-0.39, 0.29) is 17.8 Å². The van der Waals surface area contributed by atoms with E-state index in [4.69, 9.17) is 9.47 Å². The van der Waals surface area contributed by atoms with Crippen LogP contribution in [0.4, 0.5) is 4.39 Å². The van der Waals surface area contributed by atoms with Crippen LogP contribution in [0.15, 0.2) is 48.5 Å². The van der Waals surface area contributed by atoms with Gasteiger partial charge in [-0.3, -0.25) is 4.79 Å². The summed E-state index contributed by atoms with van der Waals surface area (Å²) in [5.74, 6) is 0.710. The van der Waals surface area contributed by atoms with Crippen molar-refractivity contribution in [3.8, 4) is 11.5 Å². The summed E-state index contributed by atoms with van der Waals surface area (Å²) in [5, 5.41) is 2.99. The number of halogens is 1. The molecule has 1 amide bonds. The molecule has 1 aliphatic rings. The zero-order valence-electron chi connectivity index (χ0n) is 12.8. The van der Waals surface area contributed by atoms with Gasteiger partial charge in [0.25, 0.3) is 5.91 Å². The smallest absolute Gasteiger partial charge is 0.261 e. The summed E-state index contributed by atoms with van der Waals surface area (Å²) in [5.41, 5.74) is 0.973. The maximum Gasteiger partial charge on any atom is 0.261 e. The van der Waals surface area contributed by atoms with Gasteiger partial charge in [-0.25, -0.2) is 4.39 Å². The Morgan fingerprint density at radius 1 is 1.26 bits per heavy atom. The second-order valence-corrected chi connectivity index (χ2v) is 5.45. The minimum Gasteiger partial charge on any atom is -0.493 e. The van der Waals surface area contributed by atoms with Gasteiger partial charge in [0.05, 0.1) is 12.6 Å². The Kier molecular flexibility index (Phi) is 4.46. The lowest BCUT2D eigenvalue weighted by Crippen LogP contribution is -2.40. The third kappa shape index (κ3) is 3.62. The summed E-state index contributed by atoms with van der Waals surface area (Å²) < 4.78 is 24.0. The van der Waals surface area contributed by atoms with Gasteiger partial charge in [0.2, 0.25) is 0 Å². The van der Waals surface area contributed by atoms with Crippen LogP contribution in [-0.4, -0.2) is 18.6 Å². The van der Waals surface area contributed by atoms with E-state index >= 15 is 0 Å². The number of amides is 1. The molecular formula is C18H18FNO3. The Balaban J connectivity index is 1.64. The topological polar surface area (TPSA) is 47.6 Å². The molecule has 0 radical (unpaired) electrons.